The fourth-order valence-corrected chi connectivity index (χ4v) is 1.17. The molecule has 0 bridgehead atoms. The first-order valence-electron chi connectivity index (χ1n) is 5.36. The van der Waals surface area contributed by atoms with Crippen molar-refractivity contribution in [2.75, 3.05) is 25.1 Å². The molecule has 0 aliphatic rings. The molecule has 0 aliphatic heterocycles. The minimum absolute atomic E-state index is 0.0805. The summed E-state index contributed by atoms with van der Waals surface area (Å²) in [7, 11) is 0. The Morgan fingerprint density at radius 2 is 2.19 bits per heavy atom. The maximum Gasteiger partial charge on any atom is 0.168 e. The van der Waals surface area contributed by atoms with Crippen molar-refractivity contribution >= 4 is 5.82 Å². The number of hydrogen-bond acceptors (Lipinski definition) is 3. The Balaban J connectivity index is 2.21. The summed E-state index contributed by atoms with van der Waals surface area (Å²) < 4.78 is 30.9. The second kappa shape index (κ2) is 7.11. The van der Waals surface area contributed by atoms with E-state index in [1.54, 1.807) is 0 Å². The van der Waals surface area contributed by atoms with E-state index in [1.807, 2.05) is 6.92 Å². The van der Waals surface area contributed by atoms with Gasteiger partial charge in [-0.2, -0.15) is 0 Å². The number of halogens is 2. The fourth-order valence-electron chi connectivity index (χ4n) is 1.17. The first-order chi connectivity index (χ1) is 7.74. The summed E-state index contributed by atoms with van der Waals surface area (Å²) in [6.07, 6.45) is 2.74. The topological polar surface area (TPSA) is 34.1 Å². The van der Waals surface area contributed by atoms with Gasteiger partial charge in [0.1, 0.15) is 5.82 Å². The van der Waals surface area contributed by atoms with E-state index in [2.05, 4.69) is 10.3 Å². The van der Waals surface area contributed by atoms with Gasteiger partial charge in [0.2, 0.25) is 0 Å². The lowest BCUT2D eigenvalue weighted by molar-refractivity contribution is 0.134. The molecule has 0 aromatic carbocycles. The number of ether oxygens (including phenoxy) is 1. The van der Waals surface area contributed by atoms with Gasteiger partial charge in [0.25, 0.3) is 0 Å². The SMILES string of the molecule is CCCOCCCNc1ncc(F)cc1F. The molecule has 0 atom stereocenters. The molecule has 0 unspecified atom stereocenters. The van der Waals surface area contributed by atoms with Gasteiger partial charge in [-0.15, -0.1) is 0 Å². The van der Waals surface area contributed by atoms with E-state index in [0.29, 0.717) is 13.2 Å². The second-order valence-corrected chi connectivity index (χ2v) is 3.38. The summed E-state index contributed by atoms with van der Waals surface area (Å²) >= 11 is 0. The van der Waals surface area contributed by atoms with Crippen molar-refractivity contribution in [2.24, 2.45) is 0 Å². The van der Waals surface area contributed by atoms with Crippen LogP contribution in [-0.2, 0) is 4.74 Å². The molecule has 16 heavy (non-hydrogen) atoms. The zero-order valence-corrected chi connectivity index (χ0v) is 9.30. The molecule has 0 amide bonds. The summed E-state index contributed by atoms with van der Waals surface area (Å²) in [4.78, 5) is 3.61. The predicted octanol–water partition coefficient (Wildman–Crippen LogP) is 2.59. The standard InChI is InChI=1S/C11H16F2N2O/c1-2-5-16-6-3-4-14-11-10(13)7-9(12)8-15-11/h7-8H,2-6H2,1H3,(H,14,15). The smallest absolute Gasteiger partial charge is 0.168 e. The van der Waals surface area contributed by atoms with E-state index in [9.17, 15) is 8.78 Å². The Labute approximate surface area is 93.8 Å². The van der Waals surface area contributed by atoms with Crippen LogP contribution in [0.4, 0.5) is 14.6 Å². The highest BCUT2D eigenvalue weighted by molar-refractivity contribution is 5.35. The molecule has 1 N–H and O–H groups in total. The Kier molecular flexibility index (Phi) is 5.71. The number of nitrogens with one attached hydrogen (secondary N) is 1. The molecule has 1 rings (SSSR count). The summed E-state index contributed by atoms with van der Waals surface area (Å²) in [5.41, 5.74) is 0. The van der Waals surface area contributed by atoms with Crippen molar-refractivity contribution in [1.29, 1.82) is 0 Å². The minimum Gasteiger partial charge on any atom is -0.381 e. The van der Waals surface area contributed by atoms with Gasteiger partial charge >= 0.3 is 0 Å². The molecule has 0 radical (unpaired) electrons. The lowest BCUT2D eigenvalue weighted by Gasteiger charge is -2.06. The van der Waals surface area contributed by atoms with E-state index in [4.69, 9.17) is 4.74 Å². The zero-order valence-electron chi connectivity index (χ0n) is 9.30. The van der Waals surface area contributed by atoms with Crippen molar-refractivity contribution < 1.29 is 13.5 Å². The highest BCUT2D eigenvalue weighted by Gasteiger charge is 2.03. The highest BCUT2D eigenvalue weighted by Crippen LogP contribution is 2.10. The first kappa shape index (κ1) is 12.8. The third-order valence-corrected chi connectivity index (χ3v) is 1.91. The third kappa shape index (κ3) is 4.53. The van der Waals surface area contributed by atoms with Crippen LogP contribution in [0.25, 0.3) is 0 Å². The Morgan fingerprint density at radius 1 is 1.38 bits per heavy atom. The van der Waals surface area contributed by atoms with Crippen molar-refractivity contribution in [1.82, 2.24) is 4.98 Å². The van der Waals surface area contributed by atoms with Crippen LogP contribution in [0, 0.1) is 11.6 Å². The highest BCUT2D eigenvalue weighted by atomic mass is 19.1. The van der Waals surface area contributed by atoms with E-state index >= 15 is 0 Å². The van der Waals surface area contributed by atoms with Gasteiger partial charge in [-0.05, 0) is 12.8 Å². The molecule has 5 heteroatoms. The summed E-state index contributed by atoms with van der Waals surface area (Å²) in [5, 5.41) is 2.78. The van der Waals surface area contributed by atoms with E-state index in [1.165, 1.54) is 0 Å². The molecule has 1 aromatic rings. The first-order valence-corrected chi connectivity index (χ1v) is 5.36. The van der Waals surface area contributed by atoms with Crippen LogP contribution in [0.2, 0.25) is 0 Å². The van der Waals surface area contributed by atoms with Crippen molar-refractivity contribution in [3.05, 3.63) is 23.9 Å². The number of rotatable bonds is 7. The quantitative estimate of drug-likeness (QED) is 0.731. The molecule has 0 saturated carbocycles. The Hall–Kier alpha value is -1.23. The van der Waals surface area contributed by atoms with Crippen LogP contribution in [0.5, 0.6) is 0 Å². The molecule has 3 nitrogen and oxygen atoms in total. The van der Waals surface area contributed by atoms with Gasteiger partial charge < -0.3 is 10.1 Å². The van der Waals surface area contributed by atoms with Crippen LogP contribution in [-0.4, -0.2) is 24.7 Å². The predicted molar refractivity (Wildman–Crippen MR) is 58.4 cm³/mol. The monoisotopic (exact) mass is 230 g/mol. The maximum absolute atomic E-state index is 13.1. The zero-order chi connectivity index (χ0) is 11.8. The molecule has 1 heterocycles. The number of nitrogens with zero attached hydrogens (tertiary/aromatic N) is 1. The van der Waals surface area contributed by atoms with Gasteiger partial charge in [-0.25, -0.2) is 13.8 Å². The van der Waals surface area contributed by atoms with Crippen LogP contribution in [0.3, 0.4) is 0 Å². The summed E-state index contributed by atoms with van der Waals surface area (Å²) in [6, 6.07) is 0.808. The largest absolute Gasteiger partial charge is 0.381 e. The minimum atomic E-state index is -0.672. The van der Waals surface area contributed by atoms with Gasteiger partial charge in [0.15, 0.2) is 11.6 Å². The number of pyridine rings is 1. The molecule has 1 aromatic heterocycles. The van der Waals surface area contributed by atoms with E-state index in [-0.39, 0.29) is 5.82 Å². The normalized spacial score (nSPS) is 10.4. The second-order valence-electron chi connectivity index (χ2n) is 3.38. The number of hydrogen-bond donors (Lipinski definition) is 1. The molecule has 0 aliphatic carbocycles. The average molecular weight is 230 g/mol. The van der Waals surface area contributed by atoms with Crippen molar-refractivity contribution in [2.45, 2.75) is 19.8 Å². The lowest BCUT2D eigenvalue weighted by Crippen LogP contribution is -2.08. The lowest BCUT2D eigenvalue weighted by atomic mass is 10.4. The van der Waals surface area contributed by atoms with Gasteiger partial charge in [-0.1, -0.05) is 6.92 Å². The van der Waals surface area contributed by atoms with Crippen molar-refractivity contribution in [3.63, 3.8) is 0 Å². The van der Waals surface area contributed by atoms with Crippen LogP contribution >= 0.6 is 0 Å². The van der Waals surface area contributed by atoms with Crippen LogP contribution in [0.1, 0.15) is 19.8 Å². The molecule has 90 valence electrons. The molecular formula is C11H16F2N2O. The average Bonchev–Trinajstić information content (AvgIpc) is 2.26. The molecule has 0 spiro atoms. The van der Waals surface area contributed by atoms with Gasteiger partial charge in [0, 0.05) is 25.8 Å². The molecule has 0 saturated heterocycles. The summed E-state index contributed by atoms with van der Waals surface area (Å²) in [5.74, 6) is -1.26. The fraction of sp³-hybridized carbons (Fsp3) is 0.545. The van der Waals surface area contributed by atoms with Gasteiger partial charge in [0.05, 0.1) is 6.20 Å². The molecule has 0 fully saturated rings. The van der Waals surface area contributed by atoms with Crippen LogP contribution in [0.15, 0.2) is 12.3 Å². The summed E-state index contributed by atoms with van der Waals surface area (Å²) in [6.45, 7) is 3.96. The van der Waals surface area contributed by atoms with Crippen LogP contribution < -0.4 is 5.32 Å². The van der Waals surface area contributed by atoms with E-state index in [0.717, 1.165) is 31.7 Å². The van der Waals surface area contributed by atoms with Crippen molar-refractivity contribution in [3.8, 4) is 0 Å². The molecular weight excluding hydrogens is 214 g/mol. The third-order valence-electron chi connectivity index (χ3n) is 1.91. The van der Waals surface area contributed by atoms with Gasteiger partial charge in [-0.3, -0.25) is 0 Å². The van der Waals surface area contributed by atoms with E-state index < -0.39 is 11.6 Å². The Bertz CT molecular complexity index is 321. The maximum atomic E-state index is 13.1. The number of aromatic nitrogens is 1. The Morgan fingerprint density at radius 3 is 2.88 bits per heavy atom. The number of anilines is 1.